The van der Waals surface area contributed by atoms with Crippen molar-refractivity contribution in [3.8, 4) is 0 Å². The van der Waals surface area contributed by atoms with Gasteiger partial charge in [0.05, 0.1) is 12.2 Å². The van der Waals surface area contributed by atoms with Crippen LogP contribution in [0.15, 0.2) is 35.9 Å². The van der Waals surface area contributed by atoms with Gasteiger partial charge in [0, 0.05) is 5.92 Å². The maximum Gasteiger partial charge on any atom is 0.338 e. The van der Waals surface area contributed by atoms with Gasteiger partial charge in [0.1, 0.15) is 6.61 Å². The summed E-state index contributed by atoms with van der Waals surface area (Å²) in [5, 5.41) is 9.77. The first-order chi connectivity index (χ1) is 13.1. The number of benzene rings is 1. The van der Waals surface area contributed by atoms with E-state index in [0.29, 0.717) is 18.1 Å². The molecule has 0 saturated heterocycles. The highest BCUT2D eigenvalue weighted by atomic mass is 16.5. The number of aryl methyl sites for hydroxylation is 3. The van der Waals surface area contributed by atoms with Gasteiger partial charge in [-0.15, -0.1) is 0 Å². The van der Waals surface area contributed by atoms with Crippen LogP contribution < -0.4 is 0 Å². The van der Waals surface area contributed by atoms with Gasteiger partial charge in [-0.3, -0.25) is 0 Å². The molecule has 0 unspecified atom stereocenters. The average Bonchev–Trinajstić information content (AvgIpc) is 2.58. The monoisotopic (exact) mass is 384 g/mol. The molecule has 3 heteroatoms. The third-order valence-electron chi connectivity index (χ3n) is 6.50. The fourth-order valence-corrected chi connectivity index (χ4v) is 4.66. The van der Waals surface area contributed by atoms with E-state index in [1.165, 1.54) is 5.57 Å². The van der Waals surface area contributed by atoms with E-state index >= 15 is 0 Å². The number of carbonyl (C=O) groups is 1. The van der Waals surface area contributed by atoms with Crippen molar-refractivity contribution in [1.29, 1.82) is 0 Å². The lowest BCUT2D eigenvalue weighted by Crippen LogP contribution is -2.39. The second kappa shape index (κ2) is 9.09. The van der Waals surface area contributed by atoms with Gasteiger partial charge in [-0.1, -0.05) is 49.8 Å². The average molecular weight is 385 g/mol. The molecule has 0 bridgehead atoms. The quantitative estimate of drug-likeness (QED) is 0.505. The summed E-state index contributed by atoms with van der Waals surface area (Å²) in [7, 11) is 0. The van der Waals surface area contributed by atoms with Crippen molar-refractivity contribution >= 4 is 5.97 Å². The molecule has 0 heterocycles. The fourth-order valence-electron chi connectivity index (χ4n) is 4.66. The first-order valence-electron chi connectivity index (χ1n) is 10.3. The summed E-state index contributed by atoms with van der Waals surface area (Å²) in [6.07, 6.45) is 5.20. The van der Waals surface area contributed by atoms with E-state index in [-0.39, 0.29) is 23.9 Å². The van der Waals surface area contributed by atoms with Gasteiger partial charge in [-0.05, 0) is 75.0 Å². The largest absolute Gasteiger partial charge is 0.458 e. The molecule has 1 aromatic carbocycles. The first-order valence-corrected chi connectivity index (χ1v) is 10.3. The third kappa shape index (κ3) is 4.94. The van der Waals surface area contributed by atoms with Crippen molar-refractivity contribution in [2.24, 2.45) is 17.3 Å². The maximum absolute atomic E-state index is 12.5. The Bertz CT molecular complexity index is 747. The Balaban J connectivity index is 1.98. The number of hydrogen-bond acceptors (Lipinski definition) is 3. The third-order valence-corrected chi connectivity index (χ3v) is 6.50. The Labute approximate surface area is 170 Å². The summed E-state index contributed by atoms with van der Waals surface area (Å²) in [6.45, 7) is 17.1. The standard InChI is InChI=1S/C25H36O3/c1-16(8-10-21-11-9-18(3)22(14-26)25(21,6)7)15-28-24(27)23-19(4)12-17(2)13-20(23)5/h8,12-13,21-22,26H,3,9-11,14-15H2,1-2,4-7H3/b16-8+/t21-,22+/m0/s1. The number of hydrogen-bond donors (Lipinski definition) is 1. The molecule has 154 valence electrons. The molecule has 1 aliphatic carbocycles. The van der Waals surface area contributed by atoms with Crippen molar-refractivity contribution in [3.63, 3.8) is 0 Å². The Hall–Kier alpha value is -1.87. The Morgan fingerprint density at radius 2 is 1.89 bits per heavy atom. The van der Waals surface area contributed by atoms with E-state index in [1.807, 2.05) is 39.8 Å². The predicted octanol–water partition coefficient (Wildman–Crippen LogP) is 5.71. The Kier molecular flexibility index (Phi) is 7.28. The van der Waals surface area contributed by atoms with Gasteiger partial charge in [0.25, 0.3) is 0 Å². The van der Waals surface area contributed by atoms with Crippen LogP contribution in [-0.4, -0.2) is 24.3 Å². The van der Waals surface area contributed by atoms with Crippen LogP contribution in [0.5, 0.6) is 0 Å². The van der Waals surface area contributed by atoms with Crippen molar-refractivity contribution < 1.29 is 14.6 Å². The van der Waals surface area contributed by atoms with Gasteiger partial charge in [0.2, 0.25) is 0 Å². The number of aliphatic hydroxyl groups is 1. The van der Waals surface area contributed by atoms with Crippen LogP contribution in [0.1, 0.15) is 67.1 Å². The van der Waals surface area contributed by atoms with Gasteiger partial charge in [-0.2, -0.15) is 0 Å². The molecule has 0 radical (unpaired) electrons. The van der Waals surface area contributed by atoms with Gasteiger partial charge in [0.15, 0.2) is 0 Å². The minimum atomic E-state index is -0.252. The van der Waals surface area contributed by atoms with E-state index in [0.717, 1.165) is 41.5 Å². The van der Waals surface area contributed by atoms with E-state index in [1.54, 1.807) is 0 Å². The molecule has 1 aromatic rings. The predicted molar refractivity (Wildman–Crippen MR) is 116 cm³/mol. The molecule has 0 spiro atoms. The lowest BCUT2D eigenvalue weighted by Gasteiger charge is -2.45. The molecule has 28 heavy (non-hydrogen) atoms. The van der Waals surface area contributed by atoms with Gasteiger partial charge in [-0.25, -0.2) is 4.79 Å². The fraction of sp³-hybridized carbons (Fsp3) is 0.560. The highest BCUT2D eigenvalue weighted by molar-refractivity contribution is 5.92. The lowest BCUT2D eigenvalue weighted by molar-refractivity contribution is 0.0527. The number of carbonyl (C=O) groups excluding carboxylic acids is 1. The molecule has 2 rings (SSSR count). The van der Waals surface area contributed by atoms with Crippen molar-refractivity contribution in [2.75, 3.05) is 13.2 Å². The van der Waals surface area contributed by atoms with Crippen molar-refractivity contribution in [2.45, 2.75) is 60.8 Å². The van der Waals surface area contributed by atoms with Gasteiger partial charge >= 0.3 is 5.97 Å². The molecule has 1 saturated carbocycles. The first kappa shape index (κ1) is 22.4. The molecule has 0 aliphatic heterocycles. The highest BCUT2D eigenvalue weighted by Crippen LogP contribution is 2.48. The topological polar surface area (TPSA) is 46.5 Å². The molecule has 2 atom stereocenters. The number of allylic oxidation sites excluding steroid dienone is 1. The molecule has 0 amide bonds. The van der Waals surface area contributed by atoms with E-state index in [2.05, 4.69) is 26.5 Å². The number of rotatable bonds is 6. The molecule has 1 fully saturated rings. The van der Waals surface area contributed by atoms with Crippen LogP contribution in [0.3, 0.4) is 0 Å². The normalized spacial score (nSPS) is 22.2. The summed E-state index contributed by atoms with van der Waals surface area (Å²) in [5.41, 5.74) is 6.01. The van der Waals surface area contributed by atoms with E-state index in [4.69, 9.17) is 4.74 Å². The molecular weight excluding hydrogens is 348 g/mol. The molecule has 0 aromatic heterocycles. The van der Waals surface area contributed by atoms with E-state index < -0.39 is 0 Å². The van der Waals surface area contributed by atoms with Crippen molar-refractivity contribution in [3.05, 3.63) is 58.2 Å². The van der Waals surface area contributed by atoms with Crippen LogP contribution in [0.2, 0.25) is 0 Å². The van der Waals surface area contributed by atoms with Crippen LogP contribution in [0.4, 0.5) is 0 Å². The SMILES string of the molecule is C=C1CC[C@H](C/C=C(\C)COC(=O)c2c(C)cc(C)cc2C)C(C)(C)[C@@H]1CO. The van der Waals surface area contributed by atoms with Gasteiger partial charge < -0.3 is 9.84 Å². The minimum Gasteiger partial charge on any atom is -0.458 e. The van der Waals surface area contributed by atoms with Crippen LogP contribution in [0.25, 0.3) is 0 Å². The second-order valence-corrected chi connectivity index (χ2v) is 9.09. The Morgan fingerprint density at radius 3 is 2.46 bits per heavy atom. The smallest absolute Gasteiger partial charge is 0.338 e. The zero-order valence-electron chi connectivity index (χ0n) is 18.4. The molecule has 1 aliphatic rings. The summed E-state index contributed by atoms with van der Waals surface area (Å²) in [5.74, 6) is 0.394. The maximum atomic E-state index is 12.5. The van der Waals surface area contributed by atoms with Crippen molar-refractivity contribution in [1.82, 2.24) is 0 Å². The summed E-state index contributed by atoms with van der Waals surface area (Å²) in [4.78, 5) is 12.5. The van der Waals surface area contributed by atoms with Crippen LogP contribution in [-0.2, 0) is 4.74 Å². The van der Waals surface area contributed by atoms with Crippen LogP contribution >= 0.6 is 0 Å². The lowest BCUT2D eigenvalue weighted by atomic mass is 9.60. The summed E-state index contributed by atoms with van der Waals surface area (Å²) >= 11 is 0. The van der Waals surface area contributed by atoms with Crippen LogP contribution in [0, 0.1) is 38.0 Å². The molecule has 1 N–H and O–H groups in total. The number of aliphatic hydroxyl groups excluding tert-OH is 1. The zero-order chi connectivity index (χ0) is 21.1. The molecule has 3 nitrogen and oxygen atoms in total. The molecular formula is C25H36O3. The number of ether oxygens (including phenoxy) is 1. The second-order valence-electron chi connectivity index (χ2n) is 9.09. The number of esters is 1. The zero-order valence-corrected chi connectivity index (χ0v) is 18.4. The van der Waals surface area contributed by atoms with E-state index in [9.17, 15) is 9.90 Å². The Morgan fingerprint density at radius 1 is 1.29 bits per heavy atom. The summed E-state index contributed by atoms with van der Waals surface area (Å²) < 4.78 is 5.58. The highest BCUT2D eigenvalue weighted by Gasteiger charge is 2.40. The minimum absolute atomic E-state index is 0.0215. The summed E-state index contributed by atoms with van der Waals surface area (Å²) in [6, 6.07) is 4.03.